The summed E-state index contributed by atoms with van der Waals surface area (Å²) in [5.74, 6) is 1.40. The summed E-state index contributed by atoms with van der Waals surface area (Å²) in [5, 5.41) is 1.28. The highest BCUT2D eigenvalue weighted by molar-refractivity contribution is 4.40. The van der Waals surface area contributed by atoms with Gasteiger partial charge in [-0.25, -0.2) is 4.84 Å². The van der Waals surface area contributed by atoms with Gasteiger partial charge < -0.3 is 0 Å². The summed E-state index contributed by atoms with van der Waals surface area (Å²) in [4.78, 5) is 5.79. The summed E-state index contributed by atoms with van der Waals surface area (Å²) in [6.07, 6.45) is 0.326. The van der Waals surface area contributed by atoms with Crippen LogP contribution in [-0.2, 0) is 4.84 Å². The molecule has 0 aliphatic carbocycles. The van der Waals surface area contributed by atoms with Gasteiger partial charge in [-0.05, 0) is 13.8 Å². The lowest BCUT2D eigenvalue weighted by atomic mass is 10.2. The van der Waals surface area contributed by atoms with E-state index in [1.54, 1.807) is 0 Å². The van der Waals surface area contributed by atoms with E-state index >= 15 is 0 Å². The third-order valence-corrected chi connectivity index (χ3v) is 1.67. The average molecular weight is 188 g/mol. The van der Waals surface area contributed by atoms with Crippen LogP contribution >= 0.6 is 0 Å². The molecule has 0 radical (unpaired) electrons. The van der Waals surface area contributed by atoms with E-state index in [9.17, 15) is 0 Å². The van der Waals surface area contributed by atoms with Crippen LogP contribution in [0.2, 0.25) is 0 Å². The van der Waals surface area contributed by atoms with Crippen LogP contribution in [-0.4, -0.2) is 19.2 Å². The fourth-order valence-corrected chi connectivity index (χ4v) is 1.42. The molecule has 0 atom stereocenters. The molecule has 0 aromatic rings. The Morgan fingerprint density at radius 3 is 1.46 bits per heavy atom. The molecular formula is C11H26NO+. The SMILES string of the molecule is CC(C)C[NH+](CC(C)C)OC(C)C. The summed E-state index contributed by atoms with van der Waals surface area (Å²) >= 11 is 0. The van der Waals surface area contributed by atoms with Crippen molar-refractivity contribution in [3.05, 3.63) is 0 Å². The van der Waals surface area contributed by atoms with Crippen molar-refractivity contribution in [2.75, 3.05) is 13.1 Å². The second-order valence-electron chi connectivity index (χ2n) is 4.90. The number of nitrogens with one attached hydrogen (secondary N) is 1. The highest BCUT2D eigenvalue weighted by atomic mass is 16.7. The van der Waals surface area contributed by atoms with Crippen molar-refractivity contribution in [2.45, 2.75) is 47.6 Å². The molecule has 0 fully saturated rings. The van der Waals surface area contributed by atoms with Gasteiger partial charge in [0, 0.05) is 11.8 Å². The van der Waals surface area contributed by atoms with Crippen LogP contribution < -0.4 is 5.06 Å². The van der Waals surface area contributed by atoms with Crippen LogP contribution in [0.1, 0.15) is 41.5 Å². The number of hydroxylamine groups is 2. The van der Waals surface area contributed by atoms with Crippen LogP contribution in [0.15, 0.2) is 0 Å². The van der Waals surface area contributed by atoms with Gasteiger partial charge in [-0.3, -0.25) is 0 Å². The zero-order chi connectivity index (χ0) is 10.4. The van der Waals surface area contributed by atoms with Gasteiger partial charge in [0.15, 0.2) is 0 Å². The molecule has 0 rings (SSSR count). The number of hydrogen-bond acceptors (Lipinski definition) is 1. The first-order chi connectivity index (χ1) is 5.91. The molecule has 0 saturated heterocycles. The van der Waals surface area contributed by atoms with E-state index in [0.717, 1.165) is 13.1 Å². The summed E-state index contributed by atoms with van der Waals surface area (Å²) in [6, 6.07) is 0. The molecule has 80 valence electrons. The minimum absolute atomic E-state index is 0.326. The number of hydrogen-bond donors (Lipinski definition) is 1. The fourth-order valence-electron chi connectivity index (χ4n) is 1.42. The smallest absolute Gasteiger partial charge is 0.111 e. The summed E-state index contributed by atoms with van der Waals surface area (Å²) in [6.45, 7) is 15.4. The van der Waals surface area contributed by atoms with Crippen molar-refractivity contribution in [3.63, 3.8) is 0 Å². The van der Waals surface area contributed by atoms with Crippen molar-refractivity contribution in [1.82, 2.24) is 0 Å². The Bertz CT molecular complexity index is 97.5. The van der Waals surface area contributed by atoms with Crippen molar-refractivity contribution in [2.24, 2.45) is 11.8 Å². The molecule has 0 aromatic heterocycles. The minimum atomic E-state index is 0.326. The number of rotatable bonds is 6. The second kappa shape index (κ2) is 6.39. The maximum Gasteiger partial charge on any atom is 0.111 e. The van der Waals surface area contributed by atoms with E-state index in [1.807, 2.05) is 0 Å². The molecule has 13 heavy (non-hydrogen) atoms. The lowest BCUT2D eigenvalue weighted by Crippen LogP contribution is -3.12. The Hall–Kier alpha value is -0.0800. The van der Waals surface area contributed by atoms with E-state index < -0.39 is 0 Å². The Kier molecular flexibility index (Phi) is 6.35. The molecule has 0 aromatic carbocycles. The monoisotopic (exact) mass is 188 g/mol. The molecule has 0 aliphatic rings. The highest BCUT2D eigenvalue weighted by Crippen LogP contribution is 1.90. The molecule has 1 N–H and O–H groups in total. The summed E-state index contributed by atoms with van der Waals surface area (Å²) in [7, 11) is 0. The predicted octanol–water partition coefficient (Wildman–Crippen LogP) is 1.52. The largest absolute Gasteiger partial charge is 0.202 e. The molecule has 0 bridgehead atoms. The van der Waals surface area contributed by atoms with Crippen LogP contribution in [0.4, 0.5) is 0 Å². The fraction of sp³-hybridized carbons (Fsp3) is 1.00. The molecule has 0 heterocycles. The van der Waals surface area contributed by atoms with Crippen LogP contribution in [0.3, 0.4) is 0 Å². The first kappa shape index (κ1) is 12.9. The van der Waals surface area contributed by atoms with Gasteiger partial charge in [0.2, 0.25) is 0 Å². The molecule has 0 saturated carbocycles. The maximum atomic E-state index is 5.79. The molecule has 0 aliphatic heterocycles. The van der Waals surface area contributed by atoms with Gasteiger partial charge >= 0.3 is 0 Å². The first-order valence-corrected chi connectivity index (χ1v) is 5.43. The maximum absolute atomic E-state index is 5.79. The van der Waals surface area contributed by atoms with Gasteiger partial charge in [-0.15, -0.1) is 0 Å². The first-order valence-electron chi connectivity index (χ1n) is 5.43. The Labute approximate surface area is 83.2 Å². The zero-order valence-corrected chi connectivity index (χ0v) is 10.1. The molecule has 2 heteroatoms. The Morgan fingerprint density at radius 1 is 0.846 bits per heavy atom. The van der Waals surface area contributed by atoms with Crippen LogP contribution in [0.5, 0.6) is 0 Å². The molecule has 0 unspecified atom stereocenters. The second-order valence-corrected chi connectivity index (χ2v) is 4.90. The van der Waals surface area contributed by atoms with Crippen molar-refractivity contribution in [1.29, 1.82) is 0 Å². The van der Waals surface area contributed by atoms with E-state index in [1.165, 1.54) is 5.06 Å². The lowest BCUT2D eigenvalue weighted by molar-refractivity contribution is -1.10. The minimum Gasteiger partial charge on any atom is -0.202 e. The Balaban J connectivity index is 3.87. The van der Waals surface area contributed by atoms with Gasteiger partial charge in [0.25, 0.3) is 0 Å². The molecule has 0 amide bonds. The van der Waals surface area contributed by atoms with Gasteiger partial charge in [0.05, 0.1) is 0 Å². The number of quaternary nitrogens is 1. The lowest BCUT2D eigenvalue weighted by Gasteiger charge is -2.22. The van der Waals surface area contributed by atoms with E-state index in [4.69, 9.17) is 4.84 Å². The van der Waals surface area contributed by atoms with Gasteiger partial charge in [-0.1, -0.05) is 27.7 Å². The predicted molar refractivity (Wildman–Crippen MR) is 56.6 cm³/mol. The van der Waals surface area contributed by atoms with Crippen molar-refractivity contribution in [3.8, 4) is 0 Å². The van der Waals surface area contributed by atoms with Gasteiger partial charge in [0.1, 0.15) is 19.2 Å². The zero-order valence-electron chi connectivity index (χ0n) is 10.1. The highest BCUT2D eigenvalue weighted by Gasteiger charge is 2.15. The summed E-state index contributed by atoms with van der Waals surface area (Å²) < 4.78 is 0. The topological polar surface area (TPSA) is 13.7 Å². The quantitative estimate of drug-likeness (QED) is 0.624. The van der Waals surface area contributed by atoms with E-state index in [2.05, 4.69) is 41.5 Å². The van der Waals surface area contributed by atoms with Crippen LogP contribution in [0.25, 0.3) is 0 Å². The normalized spacial score (nSPS) is 12.5. The van der Waals surface area contributed by atoms with Crippen molar-refractivity contribution >= 4 is 0 Å². The average Bonchev–Trinajstić information content (AvgIpc) is 1.80. The molecule has 2 nitrogen and oxygen atoms in total. The van der Waals surface area contributed by atoms with E-state index in [0.29, 0.717) is 17.9 Å². The standard InChI is InChI=1S/C11H25NO/c1-9(2)7-12(8-10(3)4)13-11(5)6/h9-11H,7-8H2,1-6H3/p+1. The van der Waals surface area contributed by atoms with Crippen molar-refractivity contribution < 1.29 is 9.90 Å². The molecular weight excluding hydrogens is 162 g/mol. The molecule has 0 spiro atoms. The van der Waals surface area contributed by atoms with Crippen LogP contribution in [0, 0.1) is 11.8 Å². The van der Waals surface area contributed by atoms with E-state index in [-0.39, 0.29) is 0 Å². The Morgan fingerprint density at radius 2 is 1.23 bits per heavy atom. The van der Waals surface area contributed by atoms with Gasteiger partial charge in [-0.2, -0.15) is 5.06 Å². The third kappa shape index (κ3) is 8.26. The third-order valence-electron chi connectivity index (χ3n) is 1.67. The summed E-state index contributed by atoms with van der Waals surface area (Å²) in [5.41, 5.74) is 0.